The van der Waals surface area contributed by atoms with E-state index in [9.17, 15) is 4.79 Å². The molecule has 0 amide bonds. The molecule has 3 aromatic rings. The number of ketones is 1. The number of fused-ring (bicyclic) bond motifs is 1. The number of aromatic nitrogens is 2. The molecule has 5 nitrogen and oxygen atoms in total. The highest BCUT2D eigenvalue weighted by molar-refractivity contribution is 5.99. The average molecular weight is 405 g/mol. The maximum absolute atomic E-state index is 12.5. The molecule has 0 fully saturated rings. The largest absolute Gasteiger partial charge is 0.474 e. The topological polar surface area (TPSA) is 64.2 Å². The molecule has 0 radical (unpaired) electrons. The van der Waals surface area contributed by atoms with E-state index in [-0.39, 0.29) is 5.78 Å². The van der Waals surface area contributed by atoms with E-state index >= 15 is 0 Å². The van der Waals surface area contributed by atoms with E-state index in [0.29, 0.717) is 19.6 Å². The lowest BCUT2D eigenvalue weighted by Crippen LogP contribution is -2.33. The fraction of sp³-hybridized carbons (Fsp3) is 0.360. The van der Waals surface area contributed by atoms with Crippen LogP contribution < -0.4 is 4.74 Å². The Labute approximate surface area is 177 Å². The van der Waals surface area contributed by atoms with Crippen LogP contribution >= 0.6 is 0 Å². The van der Waals surface area contributed by atoms with Crippen LogP contribution in [-0.2, 0) is 23.4 Å². The Kier molecular flexibility index (Phi) is 6.00. The van der Waals surface area contributed by atoms with Gasteiger partial charge in [-0.2, -0.15) is 0 Å². The van der Waals surface area contributed by atoms with E-state index in [4.69, 9.17) is 9.47 Å². The van der Waals surface area contributed by atoms with Crippen LogP contribution in [0.2, 0.25) is 0 Å². The molecule has 0 spiro atoms. The van der Waals surface area contributed by atoms with Gasteiger partial charge >= 0.3 is 0 Å². The van der Waals surface area contributed by atoms with E-state index in [1.807, 2.05) is 49.4 Å². The normalized spacial score (nSPS) is 15.5. The average Bonchev–Trinajstić information content (AvgIpc) is 3.32. The highest BCUT2D eigenvalue weighted by Gasteiger charge is 2.35. The number of rotatable bonds is 8. The van der Waals surface area contributed by atoms with Gasteiger partial charge in [-0.25, -0.2) is 4.98 Å². The van der Waals surface area contributed by atoms with Crippen molar-refractivity contribution in [3.05, 3.63) is 82.9 Å². The molecule has 30 heavy (non-hydrogen) atoms. The molecule has 2 aromatic carbocycles. The number of hydrogen-bond acceptors (Lipinski definition) is 4. The van der Waals surface area contributed by atoms with Gasteiger partial charge < -0.3 is 14.5 Å². The van der Waals surface area contributed by atoms with Crippen LogP contribution in [-0.4, -0.2) is 22.4 Å². The molecule has 0 bridgehead atoms. The Bertz CT molecular complexity index is 999. The van der Waals surface area contributed by atoms with Gasteiger partial charge in [-0.05, 0) is 43.9 Å². The van der Waals surface area contributed by atoms with Crippen molar-refractivity contribution in [2.24, 2.45) is 0 Å². The van der Waals surface area contributed by atoms with Gasteiger partial charge in [0.25, 0.3) is 0 Å². The highest BCUT2D eigenvalue weighted by Crippen LogP contribution is 2.38. The molecular formula is C25H28N2O3. The first-order valence-electron chi connectivity index (χ1n) is 10.6. The Hall–Kier alpha value is -2.92. The standard InChI is InChI=1S/C25H28N2O3/c1-3-16-29-17-21-19-10-7-11-22(28)20(19)12-13-23(21)30-25(2,24-26-14-15-27-24)18-8-5-4-6-9-18/h4-6,8-9,12-15H,3,7,10-11,16-17H2,1-2H3,(H,26,27)/t25-/m0/s1. The van der Waals surface area contributed by atoms with Gasteiger partial charge in [0.15, 0.2) is 17.2 Å². The van der Waals surface area contributed by atoms with Crippen LogP contribution in [0.4, 0.5) is 0 Å². The van der Waals surface area contributed by atoms with Crippen molar-refractivity contribution in [3.63, 3.8) is 0 Å². The van der Waals surface area contributed by atoms with E-state index in [1.165, 1.54) is 0 Å². The lowest BCUT2D eigenvalue weighted by molar-refractivity contribution is 0.0954. The summed E-state index contributed by atoms with van der Waals surface area (Å²) < 4.78 is 12.6. The van der Waals surface area contributed by atoms with Gasteiger partial charge in [-0.3, -0.25) is 4.79 Å². The fourth-order valence-corrected chi connectivity index (χ4v) is 4.10. The zero-order valence-corrected chi connectivity index (χ0v) is 17.6. The lowest BCUT2D eigenvalue weighted by atomic mass is 9.86. The number of imidazole rings is 1. The summed E-state index contributed by atoms with van der Waals surface area (Å²) in [5, 5.41) is 0. The third-order valence-corrected chi connectivity index (χ3v) is 5.70. The quantitative estimate of drug-likeness (QED) is 0.524. The molecular weight excluding hydrogens is 376 g/mol. The fourth-order valence-electron chi connectivity index (χ4n) is 4.10. The van der Waals surface area contributed by atoms with Gasteiger partial charge in [0, 0.05) is 42.1 Å². The summed E-state index contributed by atoms with van der Waals surface area (Å²) in [6.07, 6.45) is 6.82. The number of H-pyrrole nitrogens is 1. The summed E-state index contributed by atoms with van der Waals surface area (Å²) >= 11 is 0. The minimum absolute atomic E-state index is 0.205. The van der Waals surface area contributed by atoms with Crippen LogP contribution in [0.3, 0.4) is 0 Å². The van der Waals surface area contributed by atoms with E-state index < -0.39 is 5.60 Å². The number of hydrogen-bond donors (Lipinski definition) is 1. The van der Waals surface area contributed by atoms with Gasteiger partial charge in [-0.15, -0.1) is 0 Å². The van der Waals surface area contributed by atoms with Crippen molar-refractivity contribution in [3.8, 4) is 5.75 Å². The maximum atomic E-state index is 12.5. The SMILES string of the molecule is CCCOCc1c(O[C@@](C)(c2ccccc2)c2ncc[nH]2)ccc2c1CCCC2=O. The third-order valence-electron chi connectivity index (χ3n) is 5.70. The van der Waals surface area contributed by atoms with Crippen molar-refractivity contribution < 1.29 is 14.3 Å². The maximum Gasteiger partial charge on any atom is 0.188 e. The van der Waals surface area contributed by atoms with Gasteiger partial charge in [0.2, 0.25) is 0 Å². The summed E-state index contributed by atoms with van der Waals surface area (Å²) in [6, 6.07) is 13.9. The lowest BCUT2D eigenvalue weighted by Gasteiger charge is -2.32. The number of carbonyl (C=O) groups is 1. The number of nitrogens with one attached hydrogen (secondary N) is 1. The molecule has 1 aliphatic carbocycles. The molecule has 0 unspecified atom stereocenters. The smallest absolute Gasteiger partial charge is 0.188 e. The second kappa shape index (κ2) is 8.84. The number of nitrogens with zero attached hydrogens (tertiary/aromatic N) is 1. The van der Waals surface area contributed by atoms with Crippen molar-refractivity contribution in [1.29, 1.82) is 0 Å². The van der Waals surface area contributed by atoms with Gasteiger partial charge in [-0.1, -0.05) is 37.3 Å². The molecule has 4 rings (SSSR count). The number of benzene rings is 2. The summed E-state index contributed by atoms with van der Waals surface area (Å²) in [6.45, 7) is 5.21. The molecule has 1 atom stereocenters. The Balaban J connectivity index is 1.79. The Morgan fingerprint density at radius 3 is 2.70 bits per heavy atom. The molecule has 0 saturated carbocycles. The summed E-state index contributed by atoms with van der Waals surface area (Å²) in [5.74, 6) is 1.67. The zero-order chi connectivity index (χ0) is 21.0. The van der Waals surface area contributed by atoms with Crippen LogP contribution in [0.15, 0.2) is 54.9 Å². The highest BCUT2D eigenvalue weighted by atomic mass is 16.5. The first-order chi connectivity index (χ1) is 14.6. The zero-order valence-electron chi connectivity index (χ0n) is 17.6. The first kappa shape index (κ1) is 20.4. The van der Waals surface area contributed by atoms with Gasteiger partial charge in [0.1, 0.15) is 5.75 Å². The number of ether oxygens (including phenoxy) is 2. The van der Waals surface area contributed by atoms with Crippen LogP contribution in [0.25, 0.3) is 0 Å². The molecule has 1 N–H and O–H groups in total. The van der Waals surface area contributed by atoms with E-state index in [1.54, 1.807) is 12.4 Å². The van der Waals surface area contributed by atoms with E-state index in [2.05, 4.69) is 16.9 Å². The number of aromatic amines is 1. The molecule has 0 aliphatic heterocycles. The van der Waals surface area contributed by atoms with Crippen molar-refractivity contribution in [2.75, 3.05) is 6.61 Å². The summed E-state index contributed by atoms with van der Waals surface area (Å²) in [5.41, 5.74) is 3.03. The van der Waals surface area contributed by atoms with Crippen molar-refractivity contribution >= 4 is 5.78 Å². The predicted molar refractivity (Wildman–Crippen MR) is 116 cm³/mol. The van der Waals surface area contributed by atoms with E-state index in [0.717, 1.165) is 53.1 Å². The second-order valence-electron chi connectivity index (χ2n) is 7.84. The third kappa shape index (κ3) is 3.90. The monoisotopic (exact) mass is 404 g/mol. The summed E-state index contributed by atoms with van der Waals surface area (Å²) in [4.78, 5) is 20.2. The van der Waals surface area contributed by atoms with Crippen LogP contribution in [0, 0.1) is 0 Å². The molecule has 156 valence electrons. The molecule has 0 saturated heterocycles. The van der Waals surface area contributed by atoms with Crippen molar-refractivity contribution in [2.45, 2.75) is 51.7 Å². The molecule has 1 heterocycles. The van der Waals surface area contributed by atoms with Gasteiger partial charge in [0.05, 0.1) is 6.61 Å². The predicted octanol–water partition coefficient (Wildman–Crippen LogP) is 5.20. The minimum Gasteiger partial charge on any atom is -0.474 e. The molecule has 1 aromatic heterocycles. The summed E-state index contributed by atoms with van der Waals surface area (Å²) in [7, 11) is 0. The second-order valence-corrected chi connectivity index (χ2v) is 7.84. The number of carbonyl (C=O) groups excluding carboxylic acids is 1. The van der Waals surface area contributed by atoms with Crippen molar-refractivity contribution in [1.82, 2.24) is 9.97 Å². The Morgan fingerprint density at radius 2 is 1.97 bits per heavy atom. The molecule has 5 heteroatoms. The van der Waals surface area contributed by atoms with Crippen LogP contribution in [0.1, 0.15) is 66.0 Å². The molecule has 1 aliphatic rings. The van der Waals surface area contributed by atoms with Crippen LogP contribution in [0.5, 0.6) is 5.75 Å². The minimum atomic E-state index is -0.808. The number of Topliss-reactive ketones (excluding diaryl/α,β-unsaturated/α-hetero) is 1. The first-order valence-corrected chi connectivity index (χ1v) is 10.6. The Morgan fingerprint density at radius 1 is 1.13 bits per heavy atom.